The molecular formula is C10H16O2. The number of aliphatic hydroxyl groups is 2. The molecule has 12 heavy (non-hydrogen) atoms. The van der Waals surface area contributed by atoms with E-state index >= 15 is 0 Å². The van der Waals surface area contributed by atoms with E-state index in [9.17, 15) is 0 Å². The van der Waals surface area contributed by atoms with E-state index in [4.69, 9.17) is 16.6 Å². The number of hydrogen-bond acceptors (Lipinski definition) is 2. The zero-order valence-electron chi connectivity index (χ0n) is 7.29. The maximum absolute atomic E-state index is 9.06. The maximum Gasteiger partial charge on any atom is 0.0512 e. The highest BCUT2D eigenvalue weighted by Gasteiger charge is 2.26. The van der Waals surface area contributed by atoms with E-state index in [0.29, 0.717) is 19.3 Å². The maximum atomic E-state index is 9.06. The first kappa shape index (κ1) is 11.2. The van der Waals surface area contributed by atoms with E-state index in [1.165, 1.54) is 0 Å². The number of hydrogen-bond donors (Lipinski definition) is 2. The van der Waals surface area contributed by atoms with Gasteiger partial charge in [0.15, 0.2) is 0 Å². The third kappa shape index (κ3) is 3.08. The highest BCUT2D eigenvalue weighted by atomic mass is 16.3. The fourth-order valence-electron chi connectivity index (χ4n) is 1.08. The number of terminal acetylenes is 1. The van der Waals surface area contributed by atoms with Gasteiger partial charge in [0.2, 0.25) is 0 Å². The summed E-state index contributed by atoms with van der Waals surface area (Å²) in [5.74, 6) is 2.49. The topological polar surface area (TPSA) is 40.5 Å². The fraction of sp³-hybridized carbons (Fsp3) is 0.600. The van der Waals surface area contributed by atoms with Crippen LogP contribution in [0.3, 0.4) is 0 Å². The summed E-state index contributed by atoms with van der Waals surface area (Å²) in [5.41, 5.74) is -0.464. The average molecular weight is 168 g/mol. The minimum Gasteiger partial charge on any atom is -0.396 e. The molecule has 0 atom stereocenters. The van der Waals surface area contributed by atoms with Crippen LogP contribution in [-0.2, 0) is 0 Å². The van der Waals surface area contributed by atoms with Gasteiger partial charge in [-0.1, -0.05) is 6.08 Å². The van der Waals surface area contributed by atoms with Gasteiger partial charge in [0.05, 0.1) is 13.2 Å². The quantitative estimate of drug-likeness (QED) is 0.458. The molecule has 0 aliphatic heterocycles. The molecule has 0 radical (unpaired) electrons. The highest BCUT2D eigenvalue weighted by Crippen LogP contribution is 2.27. The van der Waals surface area contributed by atoms with Crippen LogP contribution in [0.4, 0.5) is 0 Å². The van der Waals surface area contributed by atoms with Gasteiger partial charge in [-0.3, -0.25) is 0 Å². The van der Waals surface area contributed by atoms with Crippen LogP contribution in [0.2, 0.25) is 0 Å². The zero-order valence-corrected chi connectivity index (χ0v) is 7.29. The normalized spacial score (nSPS) is 10.8. The van der Waals surface area contributed by atoms with Crippen molar-refractivity contribution in [3.63, 3.8) is 0 Å². The van der Waals surface area contributed by atoms with Crippen molar-refractivity contribution in [1.29, 1.82) is 0 Å². The molecule has 0 aromatic carbocycles. The molecule has 0 aromatic heterocycles. The molecule has 68 valence electrons. The lowest BCUT2D eigenvalue weighted by Gasteiger charge is -2.27. The summed E-state index contributed by atoms with van der Waals surface area (Å²) in [4.78, 5) is 0. The average Bonchev–Trinajstić information content (AvgIpc) is 2.13. The number of rotatable bonds is 6. The zero-order chi connectivity index (χ0) is 9.45. The van der Waals surface area contributed by atoms with Crippen molar-refractivity contribution < 1.29 is 10.2 Å². The van der Waals surface area contributed by atoms with Gasteiger partial charge >= 0.3 is 0 Å². The van der Waals surface area contributed by atoms with Crippen molar-refractivity contribution in [3.05, 3.63) is 12.7 Å². The van der Waals surface area contributed by atoms with Crippen LogP contribution in [-0.4, -0.2) is 23.4 Å². The molecule has 0 saturated carbocycles. The Morgan fingerprint density at radius 3 is 2.33 bits per heavy atom. The van der Waals surface area contributed by atoms with Gasteiger partial charge < -0.3 is 10.2 Å². The minimum atomic E-state index is -0.464. The Labute approximate surface area is 73.9 Å². The van der Waals surface area contributed by atoms with E-state index in [2.05, 4.69) is 12.5 Å². The van der Waals surface area contributed by atoms with E-state index in [-0.39, 0.29) is 13.2 Å². The summed E-state index contributed by atoms with van der Waals surface area (Å²) in [6.07, 6.45) is 8.62. The molecule has 2 heteroatoms. The van der Waals surface area contributed by atoms with Gasteiger partial charge in [-0.2, -0.15) is 0 Å². The van der Waals surface area contributed by atoms with E-state index in [1.54, 1.807) is 6.08 Å². The standard InChI is InChI=1S/C10H16O2/c1-3-5-7-10(8-11,9-12)6-4-2/h1,4,11-12H,2,5-9H2. The highest BCUT2D eigenvalue weighted by molar-refractivity contribution is 4.91. The van der Waals surface area contributed by atoms with Crippen molar-refractivity contribution in [3.8, 4) is 12.3 Å². The van der Waals surface area contributed by atoms with E-state index in [1.807, 2.05) is 0 Å². The van der Waals surface area contributed by atoms with E-state index in [0.717, 1.165) is 0 Å². The first-order valence-electron chi connectivity index (χ1n) is 4.01. The van der Waals surface area contributed by atoms with Crippen LogP contribution < -0.4 is 0 Å². The molecule has 0 rings (SSSR count). The fourth-order valence-corrected chi connectivity index (χ4v) is 1.08. The third-order valence-corrected chi connectivity index (χ3v) is 2.05. The number of aliphatic hydroxyl groups excluding tert-OH is 2. The molecule has 0 unspecified atom stereocenters. The largest absolute Gasteiger partial charge is 0.396 e. The summed E-state index contributed by atoms with van der Waals surface area (Å²) >= 11 is 0. The Morgan fingerprint density at radius 1 is 1.42 bits per heavy atom. The lowest BCUT2D eigenvalue weighted by molar-refractivity contribution is 0.0508. The second-order valence-electron chi connectivity index (χ2n) is 3.01. The third-order valence-electron chi connectivity index (χ3n) is 2.05. The molecule has 2 N–H and O–H groups in total. The molecule has 0 heterocycles. The molecule has 0 spiro atoms. The summed E-state index contributed by atoms with van der Waals surface area (Å²) in [5, 5.41) is 18.1. The molecule has 0 bridgehead atoms. The second-order valence-corrected chi connectivity index (χ2v) is 3.01. The Bertz CT molecular complexity index is 163. The van der Waals surface area contributed by atoms with E-state index < -0.39 is 5.41 Å². The predicted molar refractivity (Wildman–Crippen MR) is 49.5 cm³/mol. The molecular weight excluding hydrogens is 152 g/mol. The summed E-state index contributed by atoms with van der Waals surface area (Å²) in [7, 11) is 0. The van der Waals surface area contributed by atoms with Crippen LogP contribution in [0.25, 0.3) is 0 Å². The number of allylic oxidation sites excluding steroid dienone is 1. The molecule has 0 aromatic rings. The van der Waals surface area contributed by atoms with Crippen molar-refractivity contribution in [1.82, 2.24) is 0 Å². The van der Waals surface area contributed by atoms with Crippen LogP contribution in [0, 0.1) is 17.8 Å². The second kappa shape index (κ2) is 5.82. The summed E-state index contributed by atoms with van der Waals surface area (Å²) < 4.78 is 0. The van der Waals surface area contributed by atoms with Crippen molar-refractivity contribution in [2.24, 2.45) is 5.41 Å². The van der Waals surface area contributed by atoms with Crippen molar-refractivity contribution in [2.45, 2.75) is 19.3 Å². The first-order valence-corrected chi connectivity index (χ1v) is 4.01. The SMILES string of the molecule is C#CCCC(CO)(CO)CC=C. The van der Waals surface area contributed by atoms with Crippen molar-refractivity contribution in [2.75, 3.05) is 13.2 Å². The monoisotopic (exact) mass is 168 g/mol. The van der Waals surface area contributed by atoms with Crippen molar-refractivity contribution >= 4 is 0 Å². The molecule has 0 fully saturated rings. The smallest absolute Gasteiger partial charge is 0.0512 e. The lowest BCUT2D eigenvalue weighted by atomic mass is 9.82. The van der Waals surface area contributed by atoms with Gasteiger partial charge in [0.1, 0.15) is 0 Å². The minimum absolute atomic E-state index is 0.0444. The van der Waals surface area contributed by atoms with Gasteiger partial charge in [0.25, 0.3) is 0 Å². The Hall–Kier alpha value is -0.780. The van der Waals surface area contributed by atoms with Gasteiger partial charge in [-0.25, -0.2) is 0 Å². The first-order chi connectivity index (χ1) is 5.74. The molecule has 0 amide bonds. The molecule has 0 saturated heterocycles. The molecule has 0 aliphatic rings. The molecule has 0 aliphatic carbocycles. The van der Waals surface area contributed by atoms with Gasteiger partial charge in [-0.05, 0) is 12.8 Å². The Balaban J connectivity index is 4.15. The predicted octanol–water partition coefficient (Wildman–Crippen LogP) is 0.947. The van der Waals surface area contributed by atoms with Crippen LogP contribution in [0.1, 0.15) is 19.3 Å². The summed E-state index contributed by atoms with van der Waals surface area (Å²) in [6.45, 7) is 3.49. The van der Waals surface area contributed by atoms with Crippen LogP contribution >= 0.6 is 0 Å². The van der Waals surface area contributed by atoms with Crippen LogP contribution in [0.15, 0.2) is 12.7 Å². The summed E-state index contributed by atoms with van der Waals surface area (Å²) in [6, 6.07) is 0. The Morgan fingerprint density at radius 2 is 2.00 bits per heavy atom. The lowest BCUT2D eigenvalue weighted by Crippen LogP contribution is -2.29. The van der Waals surface area contributed by atoms with Gasteiger partial charge in [-0.15, -0.1) is 18.9 Å². The van der Waals surface area contributed by atoms with Crippen LogP contribution in [0.5, 0.6) is 0 Å². The molecule has 2 nitrogen and oxygen atoms in total. The Kier molecular flexibility index (Phi) is 5.44. The van der Waals surface area contributed by atoms with Gasteiger partial charge in [0, 0.05) is 11.8 Å².